The molecule has 1 saturated heterocycles. The molecule has 1 N–H and O–H groups in total. The van der Waals surface area contributed by atoms with Gasteiger partial charge in [-0.1, -0.05) is 0 Å². The van der Waals surface area contributed by atoms with Gasteiger partial charge < -0.3 is 10.1 Å². The van der Waals surface area contributed by atoms with Crippen LogP contribution in [-0.2, 0) is 6.42 Å². The fourth-order valence-corrected chi connectivity index (χ4v) is 2.57. The molecule has 0 spiro atoms. The van der Waals surface area contributed by atoms with Gasteiger partial charge in [0.05, 0.1) is 7.11 Å². The van der Waals surface area contributed by atoms with Crippen molar-refractivity contribution in [3.8, 4) is 5.75 Å². The highest BCUT2D eigenvalue weighted by Crippen LogP contribution is 2.24. The summed E-state index contributed by atoms with van der Waals surface area (Å²) >= 11 is 0. The second-order valence-electron chi connectivity index (χ2n) is 4.74. The minimum atomic E-state index is 0.672. The van der Waals surface area contributed by atoms with Gasteiger partial charge in [-0.15, -0.1) is 0 Å². The summed E-state index contributed by atoms with van der Waals surface area (Å²) in [4.78, 5) is 0. The molecule has 0 bridgehead atoms. The summed E-state index contributed by atoms with van der Waals surface area (Å²) in [5.41, 5.74) is 4.19. The van der Waals surface area contributed by atoms with Crippen molar-refractivity contribution < 1.29 is 4.74 Å². The minimum Gasteiger partial charge on any atom is -0.497 e. The molecule has 0 amide bonds. The highest BCUT2D eigenvalue weighted by atomic mass is 16.5. The Morgan fingerprint density at radius 2 is 2.00 bits per heavy atom. The quantitative estimate of drug-likeness (QED) is 0.843. The first-order valence-corrected chi connectivity index (χ1v) is 6.08. The first-order valence-electron chi connectivity index (χ1n) is 6.08. The number of methoxy groups -OCH3 is 1. The maximum atomic E-state index is 5.29. The van der Waals surface area contributed by atoms with Crippen LogP contribution in [0.2, 0.25) is 0 Å². The third-order valence-corrected chi connectivity index (χ3v) is 3.52. The van der Waals surface area contributed by atoms with E-state index in [1.165, 1.54) is 36.1 Å². The minimum absolute atomic E-state index is 0.672. The molecule has 0 aliphatic carbocycles. The maximum absolute atomic E-state index is 5.29. The van der Waals surface area contributed by atoms with Crippen LogP contribution in [0.3, 0.4) is 0 Å². The van der Waals surface area contributed by atoms with Gasteiger partial charge >= 0.3 is 0 Å². The van der Waals surface area contributed by atoms with Crippen molar-refractivity contribution in [3.05, 3.63) is 28.8 Å². The van der Waals surface area contributed by atoms with Gasteiger partial charge in [0.1, 0.15) is 5.75 Å². The number of benzene rings is 1. The lowest BCUT2D eigenvalue weighted by molar-refractivity contribution is 0.414. The van der Waals surface area contributed by atoms with Crippen molar-refractivity contribution >= 4 is 0 Å². The molecule has 1 aromatic carbocycles. The average Bonchev–Trinajstić information content (AvgIpc) is 2.75. The molecular formula is C14H21NO. The highest BCUT2D eigenvalue weighted by Gasteiger charge is 2.16. The van der Waals surface area contributed by atoms with E-state index in [0.717, 1.165) is 12.2 Å². The molecule has 88 valence electrons. The molecule has 1 unspecified atom stereocenters. The van der Waals surface area contributed by atoms with Crippen molar-refractivity contribution in [3.63, 3.8) is 0 Å². The summed E-state index contributed by atoms with van der Waals surface area (Å²) in [6.07, 6.45) is 3.78. The standard InChI is InChI=1S/C14H21NO/c1-10-7-13(16-3)8-11(2)14(10)9-12-5-4-6-15-12/h7-8,12,15H,4-6,9H2,1-3H3. The molecule has 1 aliphatic rings. The summed E-state index contributed by atoms with van der Waals surface area (Å²) in [5, 5.41) is 3.56. The Kier molecular flexibility index (Phi) is 3.49. The fraction of sp³-hybridized carbons (Fsp3) is 0.571. The molecule has 0 saturated carbocycles. The average molecular weight is 219 g/mol. The molecule has 1 aromatic rings. The number of nitrogens with one attached hydrogen (secondary N) is 1. The number of ether oxygens (including phenoxy) is 1. The third kappa shape index (κ3) is 2.38. The van der Waals surface area contributed by atoms with Crippen molar-refractivity contribution in [1.82, 2.24) is 5.32 Å². The molecule has 0 radical (unpaired) electrons. The highest BCUT2D eigenvalue weighted by molar-refractivity contribution is 5.41. The molecule has 0 aromatic heterocycles. The predicted molar refractivity (Wildman–Crippen MR) is 67.2 cm³/mol. The summed E-state index contributed by atoms with van der Waals surface area (Å²) in [7, 11) is 1.73. The smallest absolute Gasteiger partial charge is 0.119 e. The Morgan fingerprint density at radius 1 is 1.31 bits per heavy atom. The van der Waals surface area contributed by atoms with E-state index in [1.807, 2.05) is 0 Å². The van der Waals surface area contributed by atoms with Crippen molar-refractivity contribution in [2.24, 2.45) is 0 Å². The van der Waals surface area contributed by atoms with E-state index in [2.05, 4.69) is 31.3 Å². The van der Waals surface area contributed by atoms with Gasteiger partial charge in [0.2, 0.25) is 0 Å². The number of hydrogen-bond donors (Lipinski definition) is 1. The van der Waals surface area contributed by atoms with Crippen LogP contribution in [-0.4, -0.2) is 19.7 Å². The summed E-state index contributed by atoms with van der Waals surface area (Å²) in [6, 6.07) is 4.94. The molecule has 2 rings (SSSR count). The van der Waals surface area contributed by atoms with Crippen LogP contribution in [0, 0.1) is 13.8 Å². The zero-order chi connectivity index (χ0) is 11.5. The normalized spacial score (nSPS) is 20.1. The van der Waals surface area contributed by atoms with Gasteiger partial charge in [-0.25, -0.2) is 0 Å². The van der Waals surface area contributed by atoms with Gasteiger partial charge in [0.15, 0.2) is 0 Å². The van der Waals surface area contributed by atoms with Crippen molar-refractivity contribution in [2.45, 2.75) is 39.2 Å². The van der Waals surface area contributed by atoms with Gasteiger partial charge in [0, 0.05) is 6.04 Å². The van der Waals surface area contributed by atoms with Crippen molar-refractivity contribution in [1.29, 1.82) is 0 Å². The van der Waals surface area contributed by atoms with E-state index in [1.54, 1.807) is 7.11 Å². The molecule has 16 heavy (non-hydrogen) atoms. The van der Waals surface area contributed by atoms with E-state index >= 15 is 0 Å². The predicted octanol–water partition coefficient (Wildman–Crippen LogP) is 2.61. The Balaban J connectivity index is 2.19. The first kappa shape index (κ1) is 11.5. The number of hydrogen-bond acceptors (Lipinski definition) is 2. The lowest BCUT2D eigenvalue weighted by atomic mass is 9.95. The molecule has 2 nitrogen and oxygen atoms in total. The zero-order valence-electron chi connectivity index (χ0n) is 10.5. The Hall–Kier alpha value is -1.02. The first-order chi connectivity index (χ1) is 7.70. The summed E-state index contributed by atoms with van der Waals surface area (Å²) < 4.78 is 5.29. The van der Waals surface area contributed by atoms with E-state index in [9.17, 15) is 0 Å². The Bertz CT molecular complexity index is 344. The Morgan fingerprint density at radius 3 is 2.50 bits per heavy atom. The maximum Gasteiger partial charge on any atom is 0.119 e. The van der Waals surface area contributed by atoms with Gasteiger partial charge in [-0.2, -0.15) is 0 Å². The van der Waals surface area contributed by atoms with Crippen LogP contribution in [0.1, 0.15) is 29.5 Å². The second kappa shape index (κ2) is 4.88. The molecule has 1 heterocycles. The lowest BCUT2D eigenvalue weighted by Gasteiger charge is -2.16. The molecular weight excluding hydrogens is 198 g/mol. The third-order valence-electron chi connectivity index (χ3n) is 3.52. The Labute approximate surface area is 98.0 Å². The number of rotatable bonds is 3. The monoisotopic (exact) mass is 219 g/mol. The summed E-state index contributed by atoms with van der Waals surface area (Å²) in [6.45, 7) is 5.54. The van der Waals surface area contributed by atoms with Crippen molar-refractivity contribution in [2.75, 3.05) is 13.7 Å². The molecule has 1 aliphatic heterocycles. The largest absolute Gasteiger partial charge is 0.497 e. The van der Waals surface area contributed by atoms with E-state index in [-0.39, 0.29) is 0 Å². The van der Waals surface area contributed by atoms with Crippen LogP contribution >= 0.6 is 0 Å². The van der Waals surface area contributed by atoms with Crippen LogP contribution in [0.4, 0.5) is 0 Å². The van der Waals surface area contributed by atoms with E-state index in [0.29, 0.717) is 6.04 Å². The topological polar surface area (TPSA) is 21.3 Å². The van der Waals surface area contributed by atoms with E-state index in [4.69, 9.17) is 4.74 Å². The molecule has 2 heteroatoms. The summed E-state index contributed by atoms with van der Waals surface area (Å²) in [5.74, 6) is 0.970. The van der Waals surface area contributed by atoms with E-state index < -0.39 is 0 Å². The van der Waals surface area contributed by atoms with Crippen LogP contribution in [0.15, 0.2) is 12.1 Å². The zero-order valence-corrected chi connectivity index (χ0v) is 10.5. The number of aryl methyl sites for hydroxylation is 2. The second-order valence-corrected chi connectivity index (χ2v) is 4.74. The molecule has 1 atom stereocenters. The van der Waals surface area contributed by atoms with Gasteiger partial charge in [0.25, 0.3) is 0 Å². The van der Waals surface area contributed by atoms with Crippen LogP contribution in [0.25, 0.3) is 0 Å². The fourth-order valence-electron chi connectivity index (χ4n) is 2.57. The lowest BCUT2D eigenvalue weighted by Crippen LogP contribution is -2.24. The van der Waals surface area contributed by atoms with Gasteiger partial charge in [-0.05, 0) is 68.5 Å². The van der Waals surface area contributed by atoms with Gasteiger partial charge in [-0.3, -0.25) is 0 Å². The SMILES string of the molecule is COc1cc(C)c(CC2CCCN2)c(C)c1. The van der Waals surface area contributed by atoms with Crippen LogP contribution < -0.4 is 10.1 Å². The molecule has 1 fully saturated rings. The van der Waals surface area contributed by atoms with Crippen LogP contribution in [0.5, 0.6) is 5.75 Å².